The number of hydrogen-bond donors (Lipinski definition) is 1. The van der Waals surface area contributed by atoms with E-state index in [1.165, 1.54) is 6.33 Å². The summed E-state index contributed by atoms with van der Waals surface area (Å²) >= 11 is 0. The van der Waals surface area contributed by atoms with E-state index >= 15 is 0 Å². The van der Waals surface area contributed by atoms with Crippen LogP contribution in [0.5, 0.6) is 0 Å². The molecule has 1 aliphatic rings. The van der Waals surface area contributed by atoms with E-state index in [0.29, 0.717) is 19.1 Å². The fourth-order valence-electron chi connectivity index (χ4n) is 0.904. The number of ether oxygens (including phenoxy) is 1. The highest BCUT2D eigenvalue weighted by molar-refractivity contribution is 5.15. The van der Waals surface area contributed by atoms with Crippen molar-refractivity contribution < 1.29 is 4.74 Å². The van der Waals surface area contributed by atoms with Gasteiger partial charge in [-0.25, -0.2) is 9.97 Å². The van der Waals surface area contributed by atoms with Crippen molar-refractivity contribution in [3.63, 3.8) is 0 Å². The molecule has 1 saturated heterocycles. The topological polar surface area (TPSA) is 73.9 Å². The van der Waals surface area contributed by atoms with Gasteiger partial charge < -0.3 is 10.5 Å². The van der Waals surface area contributed by atoms with Crippen molar-refractivity contribution in [1.82, 2.24) is 15.0 Å². The van der Waals surface area contributed by atoms with Crippen LogP contribution >= 0.6 is 0 Å². The lowest BCUT2D eigenvalue weighted by Crippen LogP contribution is -2.27. The molecule has 0 atom stereocenters. The Labute approximate surface area is 63.6 Å². The van der Waals surface area contributed by atoms with E-state index in [2.05, 4.69) is 15.0 Å². The van der Waals surface area contributed by atoms with Crippen molar-refractivity contribution in [2.24, 2.45) is 0 Å². The molecule has 5 nitrogen and oxygen atoms in total. The summed E-state index contributed by atoms with van der Waals surface area (Å²) in [6.45, 7) is 1.40. The maximum Gasteiger partial charge on any atom is 0.223 e. The third-order valence-corrected chi connectivity index (χ3v) is 1.61. The number of hydrogen-bond acceptors (Lipinski definition) is 5. The van der Waals surface area contributed by atoms with Crippen LogP contribution in [0.15, 0.2) is 6.33 Å². The molecule has 2 N–H and O–H groups in total. The highest BCUT2D eigenvalue weighted by Crippen LogP contribution is 2.19. The van der Waals surface area contributed by atoms with E-state index in [9.17, 15) is 0 Å². The Morgan fingerprint density at radius 1 is 1.45 bits per heavy atom. The molecule has 1 fully saturated rings. The molecular weight excluding hydrogens is 144 g/mol. The van der Waals surface area contributed by atoms with Gasteiger partial charge in [0.25, 0.3) is 0 Å². The summed E-state index contributed by atoms with van der Waals surface area (Å²) in [6, 6.07) is 0. The van der Waals surface area contributed by atoms with Crippen LogP contribution in [0.25, 0.3) is 0 Å². The lowest BCUT2D eigenvalue weighted by Gasteiger charge is -2.23. The highest BCUT2D eigenvalue weighted by atomic mass is 16.5. The smallest absolute Gasteiger partial charge is 0.223 e. The van der Waals surface area contributed by atoms with Crippen molar-refractivity contribution in [3.05, 3.63) is 12.2 Å². The Kier molecular flexibility index (Phi) is 1.43. The zero-order chi connectivity index (χ0) is 7.68. The summed E-state index contributed by atoms with van der Waals surface area (Å²) in [5.41, 5.74) is 5.37. The summed E-state index contributed by atoms with van der Waals surface area (Å²) in [5, 5.41) is 0. The second-order valence-electron chi connectivity index (χ2n) is 2.44. The molecule has 0 aliphatic carbocycles. The molecule has 1 aromatic rings. The summed E-state index contributed by atoms with van der Waals surface area (Å²) in [4.78, 5) is 11.6. The number of aromatic nitrogens is 3. The van der Waals surface area contributed by atoms with Crippen molar-refractivity contribution in [2.75, 3.05) is 18.9 Å². The van der Waals surface area contributed by atoms with Crippen molar-refractivity contribution in [1.29, 1.82) is 0 Å². The Morgan fingerprint density at radius 2 is 2.27 bits per heavy atom. The third kappa shape index (κ3) is 1.14. The lowest BCUT2D eigenvalue weighted by atomic mass is 10.1. The maximum atomic E-state index is 5.37. The second kappa shape index (κ2) is 2.43. The molecular formula is C6H8N4O. The van der Waals surface area contributed by atoms with Crippen LogP contribution in [0.2, 0.25) is 0 Å². The Hall–Kier alpha value is -1.23. The van der Waals surface area contributed by atoms with Gasteiger partial charge >= 0.3 is 0 Å². The number of nitrogen functional groups attached to an aromatic ring is 1. The SMILES string of the molecule is Nc1ncnc(C2COC2)n1. The molecule has 2 rings (SSSR count). The molecule has 0 radical (unpaired) electrons. The van der Waals surface area contributed by atoms with Gasteiger partial charge in [0.1, 0.15) is 12.2 Å². The number of nitrogens with two attached hydrogens (primary N) is 1. The number of rotatable bonds is 1. The van der Waals surface area contributed by atoms with Crippen LogP contribution in [0.1, 0.15) is 11.7 Å². The van der Waals surface area contributed by atoms with Crippen molar-refractivity contribution in [2.45, 2.75) is 5.92 Å². The van der Waals surface area contributed by atoms with Crippen molar-refractivity contribution >= 4 is 5.95 Å². The van der Waals surface area contributed by atoms with E-state index in [4.69, 9.17) is 10.5 Å². The van der Waals surface area contributed by atoms with Gasteiger partial charge in [-0.05, 0) is 0 Å². The molecule has 1 aliphatic heterocycles. The zero-order valence-corrected chi connectivity index (χ0v) is 5.90. The molecule has 5 heteroatoms. The quantitative estimate of drug-likeness (QED) is 0.591. The average Bonchev–Trinajstić information content (AvgIpc) is 1.83. The lowest BCUT2D eigenvalue weighted by molar-refractivity contribution is 0.00483. The van der Waals surface area contributed by atoms with Gasteiger partial charge in [-0.3, -0.25) is 0 Å². The standard InChI is InChI=1S/C6H8N4O/c7-6-9-3-8-5(10-6)4-1-11-2-4/h3-4H,1-2H2,(H2,7,8,9,10). The molecule has 0 spiro atoms. The van der Waals surface area contributed by atoms with Crippen LogP contribution in [0.3, 0.4) is 0 Å². The van der Waals surface area contributed by atoms with Crippen molar-refractivity contribution in [3.8, 4) is 0 Å². The normalized spacial score (nSPS) is 17.8. The van der Waals surface area contributed by atoms with E-state index in [0.717, 1.165) is 5.82 Å². The maximum absolute atomic E-state index is 5.37. The van der Waals surface area contributed by atoms with Crippen LogP contribution in [0, 0.1) is 0 Å². The zero-order valence-electron chi connectivity index (χ0n) is 5.90. The third-order valence-electron chi connectivity index (χ3n) is 1.61. The fraction of sp³-hybridized carbons (Fsp3) is 0.500. The number of anilines is 1. The first-order valence-electron chi connectivity index (χ1n) is 3.38. The van der Waals surface area contributed by atoms with Crippen LogP contribution in [-0.4, -0.2) is 28.2 Å². The molecule has 1 aromatic heterocycles. The van der Waals surface area contributed by atoms with E-state index in [1.54, 1.807) is 0 Å². The summed E-state index contributed by atoms with van der Waals surface area (Å²) in [6.07, 6.45) is 1.43. The van der Waals surface area contributed by atoms with Gasteiger partial charge in [-0.15, -0.1) is 0 Å². The molecule has 0 unspecified atom stereocenters. The van der Waals surface area contributed by atoms with Crippen LogP contribution < -0.4 is 5.73 Å². The first-order valence-corrected chi connectivity index (χ1v) is 3.38. The molecule has 11 heavy (non-hydrogen) atoms. The van der Waals surface area contributed by atoms with Crippen LogP contribution in [0.4, 0.5) is 5.95 Å². The largest absolute Gasteiger partial charge is 0.380 e. The second-order valence-corrected chi connectivity index (χ2v) is 2.44. The highest BCUT2D eigenvalue weighted by Gasteiger charge is 2.23. The molecule has 0 amide bonds. The van der Waals surface area contributed by atoms with Gasteiger partial charge in [0.2, 0.25) is 5.95 Å². The first kappa shape index (κ1) is 6.48. The Balaban J connectivity index is 2.23. The Morgan fingerprint density at radius 3 is 2.82 bits per heavy atom. The molecule has 2 heterocycles. The first-order chi connectivity index (χ1) is 5.36. The van der Waals surface area contributed by atoms with E-state index < -0.39 is 0 Å². The minimum atomic E-state index is 0.280. The molecule has 0 saturated carbocycles. The van der Waals surface area contributed by atoms with Crippen LogP contribution in [-0.2, 0) is 4.74 Å². The van der Waals surface area contributed by atoms with Gasteiger partial charge in [0.15, 0.2) is 0 Å². The Bertz CT molecular complexity index is 261. The van der Waals surface area contributed by atoms with Gasteiger partial charge in [-0.1, -0.05) is 0 Å². The van der Waals surface area contributed by atoms with Gasteiger partial charge in [0.05, 0.1) is 19.1 Å². The van der Waals surface area contributed by atoms with Gasteiger partial charge in [-0.2, -0.15) is 4.98 Å². The predicted molar refractivity (Wildman–Crippen MR) is 37.8 cm³/mol. The molecule has 0 bridgehead atoms. The average molecular weight is 152 g/mol. The predicted octanol–water partition coefficient (Wildman–Crippen LogP) is -0.432. The van der Waals surface area contributed by atoms with Gasteiger partial charge in [0, 0.05) is 0 Å². The minimum absolute atomic E-state index is 0.280. The minimum Gasteiger partial charge on any atom is -0.380 e. The van der Waals surface area contributed by atoms with E-state index in [1.807, 2.05) is 0 Å². The summed E-state index contributed by atoms with van der Waals surface area (Å²) < 4.78 is 4.99. The summed E-state index contributed by atoms with van der Waals surface area (Å²) in [7, 11) is 0. The van der Waals surface area contributed by atoms with E-state index in [-0.39, 0.29) is 5.95 Å². The fourth-order valence-corrected chi connectivity index (χ4v) is 0.904. The molecule has 0 aromatic carbocycles. The molecule has 58 valence electrons. The number of nitrogens with zero attached hydrogens (tertiary/aromatic N) is 3. The summed E-state index contributed by atoms with van der Waals surface area (Å²) in [5.74, 6) is 1.34. The monoisotopic (exact) mass is 152 g/mol.